The van der Waals surface area contributed by atoms with E-state index in [4.69, 9.17) is 21.8 Å². The monoisotopic (exact) mass is 484 g/mol. The Hall–Kier alpha value is -2.69. The Morgan fingerprint density at radius 2 is 1.00 bits per heavy atom. The summed E-state index contributed by atoms with van der Waals surface area (Å²) in [5.74, 6) is 0. The summed E-state index contributed by atoms with van der Waals surface area (Å²) in [4.78, 5) is 10.0. The minimum absolute atomic E-state index is 1.00. The quantitative estimate of drug-likeness (QED) is 0.274. The van der Waals surface area contributed by atoms with Crippen molar-refractivity contribution in [1.29, 1.82) is 0 Å². The standard InChI is InChI=1S/C26H17N2PS3/c30-29(25-27-21-10-4-6-12-23(21)31-25,26-28-22-11-5-7-13-24(22)32-26)20-16-14-19(15-17-20)18-8-2-1-3-9-18/h1-17H. The molecule has 0 radical (unpaired) electrons. The predicted octanol–water partition coefficient (Wildman–Crippen LogP) is 6.33. The van der Waals surface area contributed by atoms with E-state index < -0.39 is 6.04 Å². The Balaban J connectivity index is 1.56. The Labute approximate surface area is 199 Å². The number of hydrogen-bond acceptors (Lipinski definition) is 5. The zero-order valence-corrected chi connectivity index (χ0v) is 20.2. The minimum Gasteiger partial charge on any atom is -0.235 e. The van der Waals surface area contributed by atoms with Gasteiger partial charge in [0.1, 0.15) is 9.50 Å². The molecule has 154 valence electrons. The summed E-state index contributed by atoms with van der Waals surface area (Å²) in [6.45, 7) is 0. The first-order valence-corrected chi connectivity index (χ1v) is 14.6. The van der Waals surface area contributed by atoms with E-state index in [2.05, 4.69) is 84.9 Å². The van der Waals surface area contributed by atoms with Gasteiger partial charge in [0.2, 0.25) is 0 Å². The molecule has 0 aliphatic heterocycles. The molecule has 32 heavy (non-hydrogen) atoms. The molecule has 0 bridgehead atoms. The van der Waals surface area contributed by atoms with Gasteiger partial charge in [-0.2, -0.15) is 0 Å². The number of thiazole rings is 2. The SMILES string of the molecule is S=P(c1ccc(-c2ccccc2)cc1)(c1nc2ccccc2s1)c1nc2ccccc2s1. The van der Waals surface area contributed by atoms with Crippen LogP contribution in [0, 0.1) is 0 Å². The summed E-state index contributed by atoms with van der Waals surface area (Å²) in [7, 11) is 0. The van der Waals surface area contributed by atoms with Gasteiger partial charge in [-0.15, -0.1) is 22.7 Å². The highest BCUT2D eigenvalue weighted by Crippen LogP contribution is 2.47. The second kappa shape index (κ2) is 8.02. The van der Waals surface area contributed by atoms with Gasteiger partial charge in [0.05, 0.1) is 26.5 Å². The van der Waals surface area contributed by atoms with Crippen LogP contribution in [0.5, 0.6) is 0 Å². The highest BCUT2D eigenvalue weighted by Gasteiger charge is 2.32. The topological polar surface area (TPSA) is 25.8 Å². The first-order valence-electron chi connectivity index (χ1n) is 10.2. The van der Waals surface area contributed by atoms with E-state index in [1.54, 1.807) is 22.7 Å². The summed E-state index contributed by atoms with van der Waals surface area (Å²) >= 11 is 9.96. The van der Waals surface area contributed by atoms with Crippen LogP contribution in [0.1, 0.15) is 0 Å². The lowest BCUT2D eigenvalue weighted by atomic mass is 10.1. The minimum atomic E-state index is -2.38. The fraction of sp³-hybridized carbons (Fsp3) is 0. The van der Waals surface area contributed by atoms with E-state index in [9.17, 15) is 0 Å². The lowest BCUT2D eigenvalue weighted by molar-refractivity contribution is 1.53. The Morgan fingerprint density at radius 3 is 1.53 bits per heavy atom. The van der Waals surface area contributed by atoms with Crippen LogP contribution in [0.15, 0.2) is 103 Å². The molecule has 6 heteroatoms. The molecule has 0 spiro atoms. The lowest BCUT2D eigenvalue weighted by Crippen LogP contribution is -2.24. The summed E-state index contributed by atoms with van der Waals surface area (Å²) in [5.41, 5.74) is 4.39. The summed E-state index contributed by atoms with van der Waals surface area (Å²) < 4.78 is 4.33. The highest BCUT2D eigenvalue weighted by molar-refractivity contribution is 8.28. The molecule has 0 aliphatic carbocycles. The maximum atomic E-state index is 6.55. The number of aromatic nitrogens is 2. The van der Waals surface area contributed by atoms with Crippen LogP contribution in [0.2, 0.25) is 0 Å². The van der Waals surface area contributed by atoms with Gasteiger partial charge in [0.15, 0.2) is 0 Å². The molecule has 2 aromatic heterocycles. The molecule has 4 aromatic carbocycles. The number of hydrogen-bond donors (Lipinski definition) is 0. The molecule has 2 heterocycles. The molecule has 2 nitrogen and oxygen atoms in total. The van der Waals surface area contributed by atoms with Crippen molar-refractivity contribution in [2.45, 2.75) is 0 Å². The number of fused-ring (bicyclic) bond motifs is 2. The molecule has 0 atom stereocenters. The third kappa shape index (κ3) is 3.33. The maximum absolute atomic E-state index is 6.55. The number of rotatable bonds is 4. The van der Waals surface area contributed by atoms with Crippen molar-refractivity contribution in [2.24, 2.45) is 0 Å². The van der Waals surface area contributed by atoms with Gasteiger partial charge in [0.25, 0.3) is 0 Å². The zero-order chi connectivity index (χ0) is 21.5. The first-order chi connectivity index (χ1) is 15.7. The van der Waals surface area contributed by atoms with E-state index in [1.807, 2.05) is 18.2 Å². The van der Waals surface area contributed by atoms with Crippen LogP contribution in [-0.2, 0) is 11.8 Å². The summed E-state index contributed by atoms with van der Waals surface area (Å²) in [5, 5.41) is 1.13. The van der Waals surface area contributed by atoms with E-state index >= 15 is 0 Å². The predicted molar refractivity (Wildman–Crippen MR) is 144 cm³/mol. The Kier molecular flexibility index (Phi) is 5.00. The highest BCUT2D eigenvalue weighted by atomic mass is 32.4. The van der Waals surface area contributed by atoms with E-state index in [0.29, 0.717) is 0 Å². The van der Waals surface area contributed by atoms with Gasteiger partial charge in [-0.1, -0.05) is 90.7 Å². The van der Waals surface area contributed by atoms with Gasteiger partial charge in [0, 0.05) is 0 Å². The number of benzene rings is 4. The van der Waals surface area contributed by atoms with E-state index in [-0.39, 0.29) is 0 Å². The van der Waals surface area contributed by atoms with Crippen LogP contribution in [0.3, 0.4) is 0 Å². The van der Waals surface area contributed by atoms with Crippen molar-refractivity contribution in [3.63, 3.8) is 0 Å². The van der Waals surface area contributed by atoms with E-state index in [0.717, 1.165) is 25.8 Å². The summed E-state index contributed by atoms with van der Waals surface area (Å²) in [6, 6.07) is 33.3. The van der Waals surface area contributed by atoms with Crippen molar-refractivity contribution >= 4 is 75.8 Å². The molecule has 0 N–H and O–H groups in total. The van der Waals surface area contributed by atoms with Crippen LogP contribution in [-0.4, -0.2) is 9.97 Å². The van der Waals surface area contributed by atoms with Gasteiger partial charge in [-0.3, -0.25) is 0 Å². The van der Waals surface area contributed by atoms with Crippen molar-refractivity contribution in [2.75, 3.05) is 0 Å². The molecule has 6 rings (SSSR count). The normalized spacial score (nSPS) is 11.9. The fourth-order valence-electron chi connectivity index (χ4n) is 3.79. The first kappa shape index (κ1) is 20.0. The largest absolute Gasteiger partial charge is 0.235 e. The van der Waals surface area contributed by atoms with Crippen molar-refractivity contribution in [1.82, 2.24) is 9.97 Å². The van der Waals surface area contributed by atoms with Crippen molar-refractivity contribution in [3.8, 4) is 11.1 Å². The Bertz CT molecular complexity index is 1460. The molecule has 0 amide bonds. The van der Waals surface area contributed by atoms with Crippen LogP contribution >= 0.6 is 28.7 Å². The fourth-order valence-corrected chi connectivity index (χ4v) is 11.1. The third-order valence-electron chi connectivity index (χ3n) is 5.44. The van der Waals surface area contributed by atoms with Crippen LogP contribution in [0.4, 0.5) is 0 Å². The van der Waals surface area contributed by atoms with Crippen LogP contribution in [0.25, 0.3) is 31.6 Å². The Morgan fingerprint density at radius 1 is 0.531 bits per heavy atom. The molecule has 0 fully saturated rings. The smallest absolute Gasteiger partial charge is 0.137 e. The second-order valence-electron chi connectivity index (χ2n) is 7.45. The average Bonchev–Trinajstić information content (AvgIpc) is 3.49. The average molecular weight is 485 g/mol. The molecular formula is C26H17N2PS3. The lowest BCUT2D eigenvalue weighted by Gasteiger charge is -2.18. The van der Waals surface area contributed by atoms with Gasteiger partial charge < -0.3 is 0 Å². The molecular weight excluding hydrogens is 467 g/mol. The number of nitrogens with zero attached hydrogens (tertiary/aromatic N) is 2. The molecule has 0 aliphatic rings. The maximum Gasteiger partial charge on any atom is 0.137 e. The van der Waals surface area contributed by atoms with Gasteiger partial charge in [-0.25, -0.2) is 9.97 Å². The molecule has 6 aromatic rings. The van der Waals surface area contributed by atoms with Crippen molar-refractivity contribution < 1.29 is 0 Å². The van der Waals surface area contributed by atoms with E-state index in [1.165, 1.54) is 20.5 Å². The van der Waals surface area contributed by atoms with Crippen molar-refractivity contribution in [3.05, 3.63) is 103 Å². The molecule has 0 unspecified atom stereocenters. The summed E-state index contributed by atoms with van der Waals surface area (Å²) in [6.07, 6.45) is 0. The third-order valence-corrected chi connectivity index (χ3v) is 14.0. The second-order valence-corrected chi connectivity index (χ2v) is 14.3. The van der Waals surface area contributed by atoms with Crippen LogP contribution < -0.4 is 14.8 Å². The number of para-hydroxylation sites is 2. The van der Waals surface area contributed by atoms with Gasteiger partial charge in [-0.05, 0) is 40.7 Å². The van der Waals surface area contributed by atoms with Gasteiger partial charge >= 0.3 is 0 Å². The molecule has 0 saturated heterocycles. The molecule has 0 saturated carbocycles. The zero-order valence-electron chi connectivity index (χ0n) is 16.9.